The molecular weight excluding hydrogens is 330 g/mol. The van der Waals surface area contributed by atoms with Gasteiger partial charge < -0.3 is 19.7 Å². The number of benzene rings is 1. The van der Waals surface area contributed by atoms with Crippen molar-refractivity contribution in [3.8, 4) is 0 Å². The summed E-state index contributed by atoms with van der Waals surface area (Å²) in [7, 11) is 1.93. The molecule has 4 rings (SSSR count). The quantitative estimate of drug-likeness (QED) is 0.889. The van der Waals surface area contributed by atoms with E-state index in [1.54, 1.807) is 11.1 Å². The molecule has 136 valence electrons. The van der Waals surface area contributed by atoms with Crippen molar-refractivity contribution in [3.63, 3.8) is 0 Å². The van der Waals surface area contributed by atoms with Crippen molar-refractivity contribution < 1.29 is 9.59 Å². The number of nitrogens with zero attached hydrogens (tertiary/aromatic N) is 4. The molecule has 1 aromatic heterocycles. The molecule has 3 heterocycles. The minimum absolute atomic E-state index is 0.0146. The van der Waals surface area contributed by atoms with Crippen molar-refractivity contribution in [1.29, 1.82) is 0 Å². The van der Waals surface area contributed by atoms with Crippen molar-refractivity contribution in [2.45, 2.75) is 18.9 Å². The Morgan fingerprint density at radius 3 is 2.96 bits per heavy atom. The predicted molar refractivity (Wildman–Crippen MR) is 97.6 cm³/mol. The van der Waals surface area contributed by atoms with Crippen LogP contribution in [0.25, 0.3) is 0 Å². The van der Waals surface area contributed by atoms with Crippen molar-refractivity contribution in [1.82, 2.24) is 19.8 Å². The topological polar surface area (TPSA) is 70.5 Å². The van der Waals surface area contributed by atoms with E-state index in [1.165, 1.54) is 0 Å². The minimum atomic E-state index is -0.119. The van der Waals surface area contributed by atoms with Crippen LogP contribution in [0.15, 0.2) is 36.7 Å². The molecule has 0 saturated carbocycles. The van der Waals surface area contributed by atoms with Gasteiger partial charge in [0.2, 0.25) is 11.8 Å². The summed E-state index contributed by atoms with van der Waals surface area (Å²) in [5.41, 5.74) is 1.99. The Bertz CT molecular complexity index is 831. The van der Waals surface area contributed by atoms with Gasteiger partial charge >= 0.3 is 0 Å². The third-order valence-electron chi connectivity index (χ3n) is 5.21. The molecule has 7 heteroatoms. The van der Waals surface area contributed by atoms with Gasteiger partial charge in [-0.05, 0) is 18.1 Å². The maximum absolute atomic E-state index is 13.1. The summed E-state index contributed by atoms with van der Waals surface area (Å²) in [5.74, 6) is 0.834. The molecule has 1 atom stereocenters. The van der Waals surface area contributed by atoms with E-state index in [0.29, 0.717) is 19.5 Å². The van der Waals surface area contributed by atoms with Gasteiger partial charge in [0.15, 0.2) is 0 Å². The van der Waals surface area contributed by atoms with E-state index in [4.69, 9.17) is 0 Å². The van der Waals surface area contributed by atoms with Gasteiger partial charge in [-0.3, -0.25) is 9.59 Å². The van der Waals surface area contributed by atoms with E-state index in [-0.39, 0.29) is 24.4 Å². The van der Waals surface area contributed by atoms with Crippen molar-refractivity contribution in [3.05, 3.63) is 48.0 Å². The molecule has 0 radical (unpaired) electrons. The fourth-order valence-electron chi connectivity index (χ4n) is 3.83. The Balaban J connectivity index is 1.57. The van der Waals surface area contributed by atoms with Gasteiger partial charge in [-0.25, -0.2) is 4.98 Å². The lowest BCUT2D eigenvalue weighted by Crippen LogP contribution is -2.53. The van der Waals surface area contributed by atoms with E-state index < -0.39 is 0 Å². The first-order valence-electron chi connectivity index (χ1n) is 9.01. The predicted octanol–water partition coefficient (Wildman–Crippen LogP) is 0.872. The number of para-hydroxylation sites is 1. The highest BCUT2D eigenvalue weighted by molar-refractivity contribution is 6.01. The lowest BCUT2D eigenvalue weighted by molar-refractivity contribution is -0.134. The van der Waals surface area contributed by atoms with Crippen LogP contribution >= 0.6 is 0 Å². The molecule has 2 aromatic rings. The van der Waals surface area contributed by atoms with Crippen molar-refractivity contribution in [2.24, 2.45) is 7.05 Å². The number of aromatic nitrogens is 2. The molecule has 0 aliphatic carbocycles. The van der Waals surface area contributed by atoms with Gasteiger partial charge in [0.25, 0.3) is 0 Å². The van der Waals surface area contributed by atoms with Crippen LogP contribution in [0.3, 0.4) is 0 Å². The van der Waals surface area contributed by atoms with Crippen LogP contribution in [0.1, 0.15) is 23.9 Å². The van der Waals surface area contributed by atoms with E-state index in [2.05, 4.69) is 10.3 Å². The van der Waals surface area contributed by atoms with Gasteiger partial charge in [0, 0.05) is 51.2 Å². The van der Waals surface area contributed by atoms with Gasteiger partial charge in [0.05, 0.1) is 0 Å². The molecule has 1 saturated heterocycles. The first kappa shape index (κ1) is 16.8. The second-order valence-electron chi connectivity index (χ2n) is 6.81. The fraction of sp³-hybridized carbons (Fsp3) is 0.421. The number of nitrogens with one attached hydrogen (secondary N) is 1. The van der Waals surface area contributed by atoms with Gasteiger partial charge in [-0.1, -0.05) is 18.2 Å². The van der Waals surface area contributed by atoms with Crippen LogP contribution in [-0.2, 0) is 23.1 Å². The van der Waals surface area contributed by atoms with E-state index in [9.17, 15) is 9.59 Å². The number of piperazine rings is 1. The molecule has 1 fully saturated rings. The molecule has 1 aromatic carbocycles. The lowest BCUT2D eigenvalue weighted by atomic mass is 10.0. The molecule has 26 heavy (non-hydrogen) atoms. The zero-order valence-corrected chi connectivity index (χ0v) is 14.9. The Morgan fingerprint density at radius 2 is 2.15 bits per heavy atom. The highest BCUT2D eigenvalue weighted by Crippen LogP contribution is 2.28. The zero-order valence-electron chi connectivity index (χ0n) is 14.9. The third-order valence-corrected chi connectivity index (χ3v) is 5.21. The summed E-state index contributed by atoms with van der Waals surface area (Å²) in [6.45, 7) is 2.11. The molecule has 7 nitrogen and oxygen atoms in total. The van der Waals surface area contributed by atoms with E-state index >= 15 is 0 Å². The molecule has 1 unspecified atom stereocenters. The molecule has 0 bridgehead atoms. The number of carbonyl (C=O) groups is 2. The summed E-state index contributed by atoms with van der Waals surface area (Å²) in [6, 6.07) is 7.72. The Labute approximate surface area is 152 Å². The van der Waals surface area contributed by atoms with Gasteiger partial charge in [-0.15, -0.1) is 0 Å². The van der Waals surface area contributed by atoms with E-state index in [0.717, 1.165) is 30.0 Å². The summed E-state index contributed by atoms with van der Waals surface area (Å²) < 4.78 is 1.94. The summed E-state index contributed by atoms with van der Waals surface area (Å²) >= 11 is 0. The number of hydrogen-bond acceptors (Lipinski definition) is 4. The van der Waals surface area contributed by atoms with Crippen LogP contribution < -0.4 is 10.2 Å². The summed E-state index contributed by atoms with van der Waals surface area (Å²) in [4.78, 5) is 33.5. The normalized spacial score (nSPS) is 20.2. The number of anilines is 1. The molecular formula is C19H23N5O2. The van der Waals surface area contributed by atoms with Crippen LogP contribution in [0.4, 0.5) is 5.69 Å². The summed E-state index contributed by atoms with van der Waals surface area (Å²) in [6.07, 6.45) is 4.83. The molecule has 2 aliphatic heterocycles. The number of imidazole rings is 1. The van der Waals surface area contributed by atoms with E-state index in [1.807, 2.05) is 47.0 Å². The van der Waals surface area contributed by atoms with Crippen molar-refractivity contribution >= 4 is 17.5 Å². The average molecular weight is 353 g/mol. The Morgan fingerprint density at radius 1 is 1.31 bits per heavy atom. The fourth-order valence-corrected chi connectivity index (χ4v) is 3.83. The number of amides is 2. The van der Waals surface area contributed by atoms with Crippen LogP contribution in [-0.4, -0.2) is 52.4 Å². The SMILES string of the molecule is Cn1ccnc1C1CNCCN1C(=O)CN1C(=O)CCc2ccccc21. The third kappa shape index (κ3) is 2.99. The maximum Gasteiger partial charge on any atom is 0.243 e. The number of rotatable bonds is 3. The molecule has 2 amide bonds. The lowest BCUT2D eigenvalue weighted by Gasteiger charge is -2.37. The van der Waals surface area contributed by atoms with Gasteiger partial charge in [0.1, 0.15) is 18.4 Å². The summed E-state index contributed by atoms with van der Waals surface area (Å²) in [5, 5.41) is 3.34. The monoisotopic (exact) mass is 353 g/mol. The van der Waals surface area contributed by atoms with Crippen LogP contribution in [0.2, 0.25) is 0 Å². The maximum atomic E-state index is 13.1. The van der Waals surface area contributed by atoms with Crippen LogP contribution in [0, 0.1) is 0 Å². The number of hydrogen-bond donors (Lipinski definition) is 1. The Hall–Kier alpha value is -2.67. The highest BCUT2D eigenvalue weighted by atomic mass is 16.2. The Kier molecular flexibility index (Phi) is 4.46. The number of aryl methyl sites for hydroxylation is 2. The smallest absolute Gasteiger partial charge is 0.243 e. The first-order chi connectivity index (χ1) is 12.6. The molecule has 2 aliphatic rings. The minimum Gasteiger partial charge on any atom is -0.336 e. The highest BCUT2D eigenvalue weighted by Gasteiger charge is 2.33. The standard InChI is InChI=1S/C19H23N5O2/c1-22-10-9-21-19(22)16-12-20-8-11-23(16)18(26)13-24-15-5-3-2-4-14(15)6-7-17(24)25/h2-5,9-10,16,20H,6-8,11-13H2,1H3. The van der Waals surface area contributed by atoms with Crippen LogP contribution in [0.5, 0.6) is 0 Å². The van der Waals surface area contributed by atoms with Gasteiger partial charge in [-0.2, -0.15) is 0 Å². The largest absolute Gasteiger partial charge is 0.336 e. The first-order valence-corrected chi connectivity index (χ1v) is 9.01. The number of fused-ring (bicyclic) bond motifs is 1. The zero-order chi connectivity index (χ0) is 18.1. The molecule has 1 N–H and O–H groups in total. The second-order valence-corrected chi connectivity index (χ2v) is 6.81. The molecule has 0 spiro atoms. The second kappa shape index (κ2) is 6.92. The average Bonchev–Trinajstić information content (AvgIpc) is 3.10. The van der Waals surface area contributed by atoms with Crippen molar-refractivity contribution in [2.75, 3.05) is 31.1 Å². The number of carbonyl (C=O) groups excluding carboxylic acids is 2.